The molecule has 1 aromatic heterocycles. The first-order valence-corrected chi connectivity index (χ1v) is 5.97. The molecule has 106 valence electrons. The van der Waals surface area contributed by atoms with E-state index >= 15 is 0 Å². The monoisotopic (exact) mass is 280 g/mol. The van der Waals surface area contributed by atoms with E-state index in [1.807, 2.05) is 0 Å². The molecule has 0 aliphatic heterocycles. The van der Waals surface area contributed by atoms with Gasteiger partial charge in [-0.25, -0.2) is 0 Å². The predicted molar refractivity (Wildman–Crippen MR) is 70.4 cm³/mol. The summed E-state index contributed by atoms with van der Waals surface area (Å²) in [5, 5.41) is 10.1. The van der Waals surface area contributed by atoms with Gasteiger partial charge in [0.05, 0.1) is 6.10 Å². The van der Waals surface area contributed by atoms with Crippen LogP contribution in [0.4, 0.5) is 14.5 Å². The fraction of sp³-hybridized carbons (Fsp3) is 0.214. The molecule has 0 fully saturated rings. The molecule has 0 aliphatic rings. The SMILES string of the molecule is Nc1ccncc1CC(O)c1ccc(OC(F)F)cc1. The molecule has 1 unspecified atom stereocenters. The molecule has 0 radical (unpaired) electrons. The second kappa shape index (κ2) is 6.29. The Morgan fingerprint density at radius 3 is 2.50 bits per heavy atom. The summed E-state index contributed by atoms with van der Waals surface area (Å²) in [6.07, 6.45) is 2.67. The first-order valence-electron chi connectivity index (χ1n) is 5.97. The van der Waals surface area contributed by atoms with Gasteiger partial charge in [-0.3, -0.25) is 4.98 Å². The van der Waals surface area contributed by atoms with Crippen LogP contribution >= 0.6 is 0 Å². The molecule has 1 atom stereocenters. The van der Waals surface area contributed by atoms with E-state index in [2.05, 4.69) is 9.72 Å². The number of hydrogen-bond acceptors (Lipinski definition) is 4. The smallest absolute Gasteiger partial charge is 0.387 e. The number of aliphatic hydroxyl groups is 1. The van der Waals surface area contributed by atoms with Crippen LogP contribution in [-0.2, 0) is 6.42 Å². The fourth-order valence-electron chi connectivity index (χ4n) is 1.81. The minimum absolute atomic E-state index is 0.0526. The summed E-state index contributed by atoms with van der Waals surface area (Å²) in [7, 11) is 0. The zero-order valence-electron chi connectivity index (χ0n) is 10.5. The Morgan fingerprint density at radius 1 is 1.20 bits per heavy atom. The molecule has 1 aromatic carbocycles. The molecule has 4 nitrogen and oxygen atoms in total. The number of benzene rings is 1. The number of nitrogens with two attached hydrogens (primary N) is 1. The zero-order valence-corrected chi connectivity index (χ0v) is 10.5. The van der Waals surface area contributed by atoms with Gasteiger partial charge in [-0.2, -0.15) is 8.78 Å². The van der Waals surface area contributed by atoms with E-state index in [9.17, 15) is 13.9 Å². The Kier molecular flexibility index (Phi) is 4.47. The minimum Gasteiger partial charge on any atom is -0.435 e. The molecular weight excluding hydrogens is 266 g/mol. The number of aromatic nitrogens is 1. The van der Waals surface area contributed by atoms with Gasteiger partial charge in [0.2, 0.25) is 0 Å². The molecule has 2 rings (SSSR count). The lowest BCUT2D eigenvalue weighted by atomic mass is 10.0. The Labute approximate surface area is 114 Å². The Morgan fingerprint density at radius 2 is 1.90 bits per heavy atom. The van der Waals surface area contributed by atoms with Crippen LogP contribution < -0.4 is 10.5 Å². The molecule has 0 spiro atoms. The van der Waals surface area contributed by atoms with Gasteiger partial charge in [0, 0.05) is 24.5 Å². The molecule has 0 saturated heterocycles. The number of rotatable bonds is 5. The van der Waals surface area contributed by atoms with Crippen molar-refractivity contribution in [3.63, 3.8) is 0 Å². The van der Waals surface area contributed by atoms with Crippen molar-refractivity contribution in [2.75, 3.05) is 5.73 Å². The van der Waals surface area contributed by atoms with Gasteiger partial charge in [0.1, 0.15) is 5.75 Å². The lowest BCUT2D eigenvalue weighted by molar-refractivity contribution is -0.0498. The summed E-state index contributed by atoms with van der Waals surface area (Å²) in [6, 6.07) is 7.50. The molecule has 0 bridgehead atoms. The summed E-state index contributed by atoms with van der Waals surface area (Å²) in [4.78, 5) is 3.94. The van der Waals surface area contributed by atoms with Crippen molar-refractivity contribution < 1.29 is 18.6 Å². The second-order valence-corrected chi connectivity index (χ2v) is 4.24. The summed E-state index contributed by atoms with van der Waals surface area (Å²) >= 11 is 0. The van der Waals surface area contributed by atoms with Crippen molar-refractivity contribution in [3.8, 4) is 5.75 Å². The third-order valence-corrected chi connectivity index (χ3v) is 2.84. The number of halogens is 2. The van der Waals surface area contributed by atoms with Crippen LogP contribution in [0.1, 0.15) is 17.2 Å². The molecule has 2 aromatic rings. The largest absolute Gasteiger partial charge is 0.435 e. The van der Waals surface area contributed by atoms with E-state index in [-0.39, 0.29) is 5.75 Å². The van der Waals surface area contributed by atoms with Crippen LogP contribution in [0.25, 0.3) is 0 Å². The number of nitrogen functional groups attached to an aromatic ring is 1. The average Bonchev–Trinajstić information content (AvgIpc) is 2.41. The van der Waals surface area contributed by atoms with Gasteiger partial charge < -0.3 is 15.6 Å². The second-order valence-electron chi connectivity index (χ2n) is 4.24. The number of pyridine rings is 1. The summed E-state index contributed by atoms with van der Waals surface area (Å²) < 4.78 is 28.3. The van der Waals surface area contributed by atoms with Crippen LogP contribution in [0.2, 0.25) is 0 Å². The summed E-state index contributed by atoms with van der Waals surface area (Å²) in [5.74, 6) is 0.0526. The molecule has 3 N–H and O–H groups in total. The molecule has 1 heterocycles. The highest BCUT2D eigenvalue weighted by molar-refractivity contribution is 5.45. The minimum atomic E-state index is -2.86. The quantitative estimate of drug-likeness (QED) is 0.883. The van der Waals surface area contributed by atoms with Crippen molar-refractivity contribution in [1.82, 2.24) is 4.98 Å². The third kappa shape index (κ3) is 3.64. The number of nitrogens with zero attached hydrogens (tertiary/aromatic N) is 1. The number of ether oxygens (including phenoxy) is 1. The van der Waals surface area contributed by atoms with Crippen molar-refractivity contribution in [2.24, 2.45) is 0 Å². The van der Waals surface area contributed by atoms with Crippen molar-refractivity contribution in [1.29, 1.82) is 0 Å². The summed E-state index contributed by atoms with van der Waals surface area (Å²) in [5.41, 5.74) is 7.65. The van der Waals surface area contributed by atoms with Crippen LogP contribution in [0.5, 0.6) is 5.75 Å². The molecular formula is C14H14F2N2O2. The standard InChI is InChI=1S/C14H14F2N2O2/c15-14(16)20-11-3-1-9(2-4-11)13(19)7-10-8-18-6-5-12(10)17/h1-6,8,13-14,19H,7H2,(H2,17,18). The van der Waals surface area contributed by atoms with E-state index in [4.69, 9.17) is 5.73 Å². The molecule has 0 saturated carbocycles. The normalized spacial score (nSPS) is 12.4. The Balaban J connectivity index is 2.06. The van der Waals surface area contributed by atoms with Crippen molar-refractivity contribution >= 4 is 5.69 Å². The zero-order chi connectivity index (χ0) is 14.5. The Bertz CT molecular complexity index is 561. The van der Waals surface area contributed by atoms with E-state index in [0.29, 0.717) is 17.7 Å². The van der Waals surface area contributed by atoms with Crippen molar-refractivity contribution in [3.05, 3.63) is 53.9 Å². The predicted octanol–water partition coefficient (Wildman–Crippen LogP) is 2.54. The molecule has 20 heavy (non-hydrogen) atoms. The highest BCUT2D eigenvalue weighted by Gasteiger charge is 2.11. The Hall–Kier alpha value is -2.21. The number of anilines is 1. The maximum absolute atomic E-state index is 12.0. The first kappa shape index (κ1) is 14.2. The van der Waals surface area contributed by atoms with Gasteiger partial charge in [-0.1, -0.05) is 12.1 Å². The fourth-order valence-corrected chi connectivity index (χ4v) is 1.81. The number of hydrogen-bond donors (Lipinski definition) is 2. The molecule has 0 aliphatic carbocycles. The van der Waals surface area contributed by atoms with Crippen LogP contribution in [0.3, 0.4) is 0 Å². The molecule has 6 heteroatoms. The van der Waals surface area contributed by atoms with Crippen LogP contribution in [-0.4, -0.2) is 16.7 Å². The maximum atomic E-state index is 12.0. The third-order valence-electron chi connectivity index (χ3n) is 2.84. The van der Waals surface area contributed by atoms with Gasteiger partial charge in [-0.15, -0.1) is 0 Å². The summed E-state index contributed by atoms with van der Waals surface area (Å²) in [6.45, 7) is -2.86. The van der Waals surface area contributed by atoms with E-state index < -0.39 is 12.7 Å². The molecule has 0 amide bonds. The topological polar surface area (TPSA) is 68.4 Å². The average molecular weight is 280 g/mol. The maximum Gasteiger partial charge on any atom is 0.387 e. The van der Waals surface area contributed by atoms with Gasteiger partial charge >= 0.3 is 6.61 Å². The van der Waals surface area contributed by atoms with Gasteiger partial charge in [0.15, 0.2) is 0 Å². The van der Waals surface area contributed by atoms with E-state index in [1.54, 1.807) is 18.5 Å². The lowest BCUT2D eigenvalue weighted by Gasteiger charge is -2.13. The highest BCUT2D eigenvalue weighted by Crippen LogP contribution is 2.23. The van der Waals surface area contributed by atoms with E-state index in [0.717, 1.165) is 5.56 Å². The van der Waals surface area contributed by atoms with Crippen LogP contribution in [0, 0.1) is 0 Å². The number of alkyl halides is 2. The van der Waals surface area contributed by atoms with E-state index in [1.165, 1.54) is 24.3 Å². The lowest BCUT2D eigenvalue weighted by Crippen LogP contribution is -2.05. The van der Waals surface area contributed by atoms with Gasteiger partial charge in [0.25, 0.3) is 0 Å². The number of aliphatic hydroxyl groups excluding tert-OH is 1. The first-order chi connectivity index (χ1) is 9.56. The highest BCUT2D eigenvalue weighted by atomic mass is 19.3. The van der Waals surface area contributed by atoms with Crippen LogP contribution in [0.15, 0.2) is 42.7 Å². The van der Waals surface area contributed by atoms with Crippen molar-refractivity contribution in [2.45, 2.75) is 19.1 Å². The van der Waals surface area contributed by atoms with Gasteiger partial charge in [-0.05, 0) is 29.3 Å².